The summed E-state index contributed by atoms with van der Waals surface area (Å²) in [7, 11) is 1.54. The van der Waals surface area contributed by atoms with Crippen LogP contribution >= 0.6 is 0 Å². The van der Waals surface area contributed by atoms with Gasteiger partial charge in [0.05, 0.1) is 6.61 Å². The maximum atomic E-state index is 11.4. The predicted octanol–water partition coefficient (Wildman–Crippen LogP) is 0.267. The molecule has 1 atom stereocenters. The van der Waals surface area contributed by atoms with Crippen molar-refractivity contribution < 1.29 is 9.53 Å². The summed E-state index contributed by atoms with van der Waals surface area (Å²) in [6.45, 7) is 3.21. The van der Waals surface area contributed by atoms with Crippen LogP contribution in [-0.4, -0.2) is 32.2 Å². The average Bonchev–Trinajstić information content (AvgIpc) is 2.11. The molecule has 0 bridgehead atoms. The second-order valence-electron chi connectivity index (χ2n) is 4.44. The molecule has 3 N–H and O–H groups in total. The fraction of sp³-hybridized carbons (Fsp3) is 0.900. The van der Waals surface area contributed by atoms with Gasteiger partial charge < -0.3 is 15.8 Å². The monoisotopic (exact) mass is 200 g/mol. The number of carbonyl (C=O) groups is 1. The van der Waals surface area contributed by atoms with Gasteiger partial charge in [-0.1, -0.05) is 13.3 Å². The fourth-order valence-electron chi connectivity index (χ4n) is 1.64. The minimum absolute atomic E-state index is 0.111. The van der Waals surface area contributed by atoms with E-state index in [0.717, 1.165) is 6.54 Å². The van der Waals surface area contributed by atoms with Gasteiger partial charge in [0.1, 0.15) is 6.04 Å². The van der Waals surface area contributed by atoms with Gasteiger partial charge in [0, 0.05) is 13.7 Å². The van der Waals surface area contributed by atoms with Crippen LogP contribution in [0.2, 0.25) is 0 Å². The van der Waals surface area contributed by atoms with E-state index in [9.17, 15) is 4.79 Å². The highest BCUT2D eigenvalue weighted by Gasteiger charge is 2.32. The Morgan fingerprint density at radius 1 is 1.64 bits per heavy atom. The largest absolute Gasteiger partial charge is 0.383 e. The summed E-state index contributed by atoms with van der Waals surface area (Å²) in [5.74, 6) is -0.111. The number of hydrogen-bond acceptors (Lipinski definition) is 3. The van der Waals surface area contributed by atoms with Crippen LogP contribution in [0.25, 0.3) is 0 Å². The summed E-state index contributed by atoms with van der Waals surface area (Å²) in [4.78, 5) is 11.4. The van der Waals surface area contributed by atoms with Crippen molar-refractivity contribution in [2.45, 2.75) is 32.2 Å². The Kier molecular flexibility index (Phi) is 3.89. The lowest BCUT2D eigenvalue weighted by atomic mass is 9.70. The third-order valence-corrected chi connectivity index (χ3v) is 2.93. The number of nitrogens with two attached hydrogens (primary N) is 1. The average molecular weight is 200 g/mol. The Morgan fingerprint density at radius 2 is 2.29 bits per heavy atom. The van der Waals surface area contributed by atoms with Crippen LogP contribution in [0.3, 0.4) is 0 Å². The number of amides is 1. The topological polar surface area (TPSA) is 64.3 Å². The van der Waals surface area contributed by atoms with E-state index in [0.29, 0.717) is 5.41 Å². The molecule has 0 aromatic rings. The van der Waals surface area contributed by atoms with E-state index in [1.165, 1.54) is 19.3 Å². The van der Waals surface area contributed by atoms with Crippen LogP contribution in [0.5, 0.6) is 0 Å². The summed E-state index contributed by atoms with van der Waals surface area (Å²) >= 11 is 0. The minimum Gasteiger partial charge on any atom is -0.383 e. The SMILES string of the molecule is COCC(N)C(=O)NCC1(C)CCC1. The van der Waals surface area contributed by atoms with Gasteiger partial charge in [0.2, 0.25) is 5.91 Å². The van der Waals surface area contributed by atoms with Crippen LogP contribution in [0.4, 0.5) is 0 Å². The normalized spacial score (nSPS) is 21.1. The first kappa shape index (κ1) is 11.5. The molecule has 14 heavy (non-hydrogen) atoms. The Morgan fingerprint density at radius 3 is 2.71 bits per heavy atom. The van der Waals surface area contributed by atoms with E-state index in [4.69, 9.17) is 10.5 Å². The molecular weight excluding hydrogens is 180 g/mol. The Bertz CT molecular complexity index is 202. The lowest BCUT2D eigenvalue weighted by Gasteiger charge is -2.38. The first-order valence-corrected chi connectivity index (χ1v) is 5.10. The predicted molar refractivity (Wildman–Crippen MR) is 54.8 cm³/mol. The molecule has 4 heteroatoms. The lowest BCUT2D eigenvalue weighted by molar-refractivity contribution is -0.124. The molecular formula is C10H20N2O2. The zero-order valence-corrected chi connectivity index (χ0v) is 9.01. The lowest BCUT2D eigenvalue weighted by Crippen LogP contribution is -2.48. The smallest absolute Gasteiger partial charge is 0.239 e. The van der Waals surface area contributed by atoms with E-state index in [1.807, 2.05) is 0 Å². The third kappa shape index (κ3) is 2.96. The summed E-state index contributed by atoms with van der Waals surface area (Å²) in [6, 6.07) is -0.538. The second-order valence-corrected chi connectivity index (χ2v) is 4.44. The van der Waals surface area contributed by atoms with Gasteiger partial charge in [-0.3, -0.25) is 4.79 Å². The van der Waals surface area contributed by atoms with Gasteiger partial charge in [-0.25, -0.2) is 0 Å². The zero-order chi connectivity index (χ0) is 10.6. The molecule has 0 aromatic carbocycles. The van der Waals surface area contributed by atoms with Crippen LogP contribution in [0, 0.1) is 5.41 Å². The number of hydrogen-bond donors (Lipinski definition) is 2. The highest BCUT2D eigenvalue weighted by Crippen LogP contribution is 2.39. The maximum absolute atomic E-state index is 11.4. The first-order chi connectivity index (χ1) is 6.57. The maximum Gasteiger partial charge on any atom is 0.239 e. The van der Waals surface area contributed by atoms with E-state index in [1.54, 1.807) is 7.11 Å². The molecule has 4 nitrogen and oxygen atoms in total. The molecule has 0 radical (unpaired) electrons. The highest BCUT2D eigenvalue weighted by atomic mass is 16.5. The Hall–Kier alpha value is -0.610. The molecule has 0 aromatic heterocycles. The third-order valence-electron chi connectivity index (χ3n) is 2.93. The van der Waals surface area contributed by atoms with Crippen molar-refractivity contribution in [2.75, 3.05) is 20.3 Å². The molecule has 1 aliphatic rings. The summed E-state index contributed by atoms with van der Waals surface area (Å²) in [5.41, 5.74) is 5.89. The number of ether oxygens (including phenoxy) is 1. The number of methoxy groups -OCH3 is 1. The summed E-state index contributed by atoms with van der Waals surface area (Å²) in [5, 5.41) is 2.87. The van der Waals surface area contributed by atoms with Gasteiger partial charge in [0.15, 0.2) is 0 Å². The second kappa shape index (κ2) is 4.75. The molecule has 1 amide bonds. The van der Waals surface area contributed by atoms with E-state index < -0.39 is 6.04 Å². The zero-order valence-electron chi connectivity index (χ0n) is 9.01. The van der Waals surface area contributed by atoms with Gasteiger partial charge in [-0.05, 0) is 18.3 Å². The van der Waals surface area contributed by atoms with Crippen molar-refractivity contribution >= 4 is 5.91 Å². The van der Waals surface area contributed by atoms with Crippen molar-refractivity contribution in [1.82, 2.24) is 5.32 Å². The summed E-state index contributed by atoms with van der Waals surface area (Å²) in [6.07, 6.45) is 3.68. The van der Waals surface area contributed by atoms with E-state index in [2.05, 4.69) is 12.2 Å². The van der Waals surface area contributed by atoms with Crippen LogP contribution in [-0.2, 0) is 9.53 Å². The Labute approximate surface area is 85.2 Å². The molecule has 1 fully saturated rings. The molecule has 82 valence electrons. The van der Waals surface area contributed by atoms with Crippen molar-refractivity contribution in [3.63, 3.8) is 0 Å². The quantitative estimate of drug-likeness (QED) is 0.669. The van der Waals surface area contributed by atoms with Crippen LogP contribution < -0.4 is 11.1 Å². The van der Waals surface area contributed by atoms with Crippen LogP contribution in [0.15, 0.2) is 0 Å². The molecule has 0 saturated heterocycles. The molecule has 1 aliphatic carbocycles. The molecule has 0 heterocycles. The van der Waals surface area contributed by atoms with Crippen molar-refractivity contribution in [1.29, 1.82) is 0 Å². The highest BCUT2D eigenvalue weighted by molar-refractivity contribution is 5.81. The van der Waals surface area contributed by atoms with Gasteiger partial charge >= 0.3 is 0 Å². The molecule has 1 saturated carbocycles. The number of nitrogens with one attached hydrogen (secondary N) is 1. The van der Waals surface area contributed by atoms with Gasteiger partial charge in [-0.15, -0.1) is 0 Å². The standard InChI is InChI=1S/C10H20N2O2/c1-10(4-3-5-10)7-12-9(13)8(11)6-14-2/h8H,3-7,11H2,1-2H3,(H,12,13). The van der Waals surface area contributed by atoms with E-state index in [-0.39, 0.29) is 12.5 Å². The van der Waals surface area contributed by atoms with Gasteiger partial charge in [-0.2, -0.15) is 0 Å². The van der Waals surface area contributed by atoms with Gasteiger partial charge in [0.25, 0.3) is 0 Å². The molecule has 0 spiro atoms. The molecule has 0 aliphatic heterocycles. The molecule has 1 rings (SSSR count). The Balaban J connectivity index is 2.20. The van der Waals surface area contributed by atoms with Crippen LogP contribution in [0.1, 0.15) is 26.2 Å². The fourth-order valence-corrected chi connectivity index (χ4v) is 1.64. The van der Waals surface area contributed by atoms with Crippen molar-refractivity contribution in [2.24, 2.45) is 11.1 Å². The number of rotatable bonds is 5. The summed E-state index contributed by atoms with van der Waals surface area (Å²) < 4.78 is 4.81. The van der Waals surface area contributed by atoms with E-state index >= 15 is 0 Å². The minimum atomic E-state index is -0.538. The van der Waals surface area contributed by atoms with Crippen molar-refractivity contribution in [3.05, 3.63) is 0 Å². The first-order valence-electron chi connectivity index (χ1n) is 5.10. The molecule has 1 unspecified atom stereocenters. The number of carbonyl (C=O) groups excluding carboxylic acids is 1. The van der Waals surface area contributed by atoms with Crippen molar-refractivity contribution in [3.8, 4) is 0 Å².